The van der Waals surface area contributed by atoms with Crippen molar-refractivity contribution in [3.05, 3.63) is 111 Å². The predicted molar refractivity (Wildman–Crippen MR) is 288 cm³/mol. The molecule has 0 unspecified atom stereocenters. The SMILES string of the molecule is COC1CCN(S(=O)(=O)c2cc(OCCOCCOCCOCCNC(=O)C[C@@H]3N=C(c4ccc(C)cc4)c4c(sc(C)c4C)-n4c(C)nnc43)ccc2-c2ccn3ncc(CC(=O)OCOC(=O)C(C)(C)C)c3c2)CC1. The van der Waals surface area contributed by atoms with Crippen LogP contribution in [0.1, 0.15) is 90.4 Å². The highest BCUT2D eigenvalue weighted by Crippen LogP contribution is 2.40. The number of rotatable bonds is 24. The number of benzene rings is 2. The molecule has 0 bridgehead atoms. The quantitative estimate of drug-likeness (QED) is 0.0372. The van der Waals surface area contributed by atoms with Gasteiger partial charge in [-0.2, -0.15) is 9.40 Å². The Labute approximate surface area is 453 Å². The number of hydrogen-bond acceptors (Lipinski definition) is 17. The van der Waals surface area contributed by atoms with Gasteiger partial charge in [0.05, 0.1) is 86.3 Å². The summed E-state index contributed by atoms with van der Waals surface area (Å²) in [5, 5.41) is 17.2. The van der Waals surface area contributed by atoms with Crippen LogP contribution in [0.5, 0.6) is 5.75 Å². The number of nitrogens with one attached hydrogen (secondary N) is 1. The second-order valence-electron chi connectivity index (χ2n) is 19.9. The Hall–Kier alpha value is -6.40. The number of methoxy groups -OCH3 is 1. The number of thiophene rings is 1. The molecule has 2 aliphatic rings. The number of aromatic nitrogens is 5. The zero-order chi connectivity index (χ0) is 54.9. The number of sulfonamides is 1. The zero-order valence-electron chi connectivity index (χ0n) is 45.0. The Balaban J connectivity index is 0.784. The smallest absolute Gasteiger partial charge is 0.314 e. The van der Waals surface area contributed by atoms with Gasteiger partial charge in [-0.15, -0.1) is 21.5 Å². The van der Waals surface area contributed by atoms with Gasteiger partial charge < -0.3 is 38.5 Å². The molecule has 0 radical (unpaired) electrons. The van der Waals surface area contributed by atoms with Gasteiger partial charge in [-0.25, -0.2) is 12.9 Å². The summed E-state index contributed by atoms with van der Waals surface area (Å²) >= 11 is 1.68. The van der Waals surface area contributed by atoms with E-state index in [1.807, 2.05) is 11.5 Å². The summed E-state index contributed by atoms with van der Waals surface area (Å²) in [5.41, 5.74) is 6.55. The predicted octanol–water partition coefficient (Wildman–Crippen LogP) is 6.84. The normalized spacial score (nSPS) is 15.2. The molecular weight excluding hydrogens is 1030 g/mol. The van der Waals surface area contributed by atoms with Gasteiger partial charge in [-0.3, -0.25) is 23.9 Å². The third kappa shape index (κ3) is 13.8. The lowest BCUT2D eigenvalue weighted by Gasteiger charge is -2.31. The first-order chi connectivity index (χ1) is 36.9. The molecule has 0 spiro atoms. The molecule has 1 saturated heterocycles. The minimum Gasteiger partial charge on any atom is -0.491 e. The van der Waals surface area contributed by atoms with Gasteiger partial charge >= 0.3 is 11.9 Å². The van der Waals surface area contributed by atoms with Gasteiger partial charge in [-0.1, -0.05) is 29.8 Å². The van der Waals surface area contributed by atoms with Crippen LogP contribution >= 0.6 is 11.3 Å². The monoisotopic (exact) mass is 1100 g/mol. The molecule has 412 valence electrons. The minimum absolute atomic E-state index is 0.0274. The van der Waals surface area contributed by atoms with Gasteiger partial charge in [0.1, 0.15) is 29.2 Å². The number of aryl methyl sites for hydroxylation is 3. The van der Waals surface area contributed by atoms with Gasteiger partial charge in [0.25, 0.3) is 0 Å². The van der Waals surface area contributed by atoms with Crippen LogP contribution in [0.15, 0.2) is 76.9 Å². The lowest BCUT2D eigenvalue weighted by Crippen LogP contribution is -2.40. The van der Waals surface area contributed by atoms with Gasteiger partial charge in [0.15, 0.2) is 5.82 Å². The Morgan fingerprint density at radius 3 is 2.23 bits per heavy atom. The van der Waals surface area contributed by atoms with Crippen molar-refractivity contribution in [3.8, 4) is 21.9 Å². The molecule has 2 aliphatic heterocycles. The molecule has 1 N–H and O–H groups in total. The molecule has 2 aromatic carbocycles. The van der Waals surface area contributed by atoms with Crippen molar-refractivity contribution < 1.29 is 56.0 Å². The molecule has 20 nitrogen and oxygen atoms in total. The number of hydrogen-bond donors (Lipinski definition) is 1. The van der Waals surface area contributed by atoms with Crippen LogP contribution in [-0.4, -0.2) is 147 Å². The van der Waals surface area contributed by atoms with E-state index in [9.17, 15) is 22.8 Å². The lowest BCUT2D eigenvalue weighted by atomic mass is 9.98. The number of carbonyl (C=O) groups excluding carboxylic acids is 3. The summed E-state index contributed by atoms with van der Waals surface area (Å²) in [6.07, 6.45) is 4.26. The Kier molecular flexibility index (Phi) is 18.7. The zero-order valence-corrected chi connectivity index (χ0v) is 46.6. The van der Waals surface area contributed by atoms with Gasteiger partial charge in [-0.05, 0) is 96.7 Å². The Bertz CT molecular complexity index is 3190. The first-order valence-corrected chi connectivity index (χ1v) is 27.9. The van der Waals surface area contributed by atoms with Crippen LogP contribution in [0.2, 0.25) is 0 Å². The first kappa shape index (κ1) is 56.8. The van der Waals surface area contributed by atoms with Crippen LogP contribution in [0.25, 0.3) is 21.6 Å². The number of piperidine rings is 1. The maximum Gasteiger partial charge on any atom is 0.314 e. The molecule has 8 rings (SSSR count). The fraction of sp³-hybridized carbons (Fsp3) is 0.473. The fourth-order valence-electron chi connectivity index (χ4n) is 8.91. The highest BCUT2D eigenvalue weighted by atomic mass is 32.2. The summed E-state index contributed by atoms with van der Waals surface area (Å²) in [7, 11) is -2.38. The molecule has 0 saturated carbocycles. The van der Waals surface area contributed by atoms with E-state index in [1.54, 1.807) is 80.4 Å². The molecule has 1 amide bonds. The first-order valence-electron chi connectivity index (χ1n) is 25.7. The van der Waals surface area contributed by atoms with Gasteiger partial charge in [0.2, 0.25) is 22.7 Å². The van der Waals surface area contributed by atoms with Crippen molar-refractivity contribution in [3.63, 3.8) is 0 Å². The van der Waals surface area contributed by atoms with E-state index in [0.717, 1.165) is 38.8 Å². The summed E-state index contributed by atoms with van der Waals surface area (Å²) in [6.45, 7) is 15.6. The molecule has 1 atom stereocenters. The number of pyridine rings is 1. The van der Waals surface area contributed by atoms with Crippen molar-refractivity contribution >= 4 is 50.4 Å². The third-order valence-corrected chi connectivity index (χ3v) is 16.5. The maximum atomic E-state index is 14.4. The van der Waals surface area contributed by atoms with E-state index >= 15 is 0 Å². The van der Waals surface area contributed by atoms with Crippen molar-refractivity contribution in [2.45, 2.75) is 91.2 Å². The summed E-state index contributed by atoms with van der Waals surface area (Å²) in [4.78, 5) is 44.7. The van der Waals surface area contributed by atoms with E-state index in [4.69, 9.17) is 38.2 Å². The molecular formula is C55H68N8O12S2. The largest absolute Gasteiger partial charge is 0.491 e. The van der Waals surface area contributed by atoms with E-state index in [0.29, 0.717) is 99.3 Å². The summed E-state index contributed by atoms with van der Waals surface area (Å²) in [5.74, 6) is 0.426. The van der Waals surface area contributed by atoms with E-state index in [2.05, 4.69) is 65.6 Å². The lowest BCUT2D eigenvalue weighted by molar-refractivity contribution is -0.172. The van der Waals surface area contributed by atoms with Crippen LogP contribution in [-0.2, 0) is 59.2 Å². The third-order valence-electron chi connectivity index (χ3n) is 13.3. The van der Waals surface area contributed by atoms with Crippen LogP contribution < -0.4 is 10.1 Å². The number of nitrogens with zero attached hydrogens (tertiary/aromatic N) is 7. The number of ether oxygens (including phenoxy) is 7. The van der Waals surface area contributed by atoms with Crippen molar-refractivity contribution in [2.24, 2.45) is 10.4 Å². The topological polar surface area (TPSA) is 226 Å². The second-order valence-corrected chi connectivity index (χ2v) is 23.0. The van der Waals surface area contributed by atoms with Crippen molar-refractivity contribution in [1.82, 2.24) is 34.0 Å². The molecule has 0 aliphatic carbocycles. The molecule has 22 heteroatoms. The number of fused-ring (bicyclic) bond motifs is 4. The maximum absolute atomic E-state index is 14.4. The van der Waals surface area contributed by atoms with Gasteiger partial charge in [0, 0.05) is 66.1 Å². The van der Waals surface area contributed by atoms with Crippen molar-refractivity contribution in [2.75, 3.05) is 79.8 Å². The fourth-order valence-corrected chi connectivity index (χ4v) is 11.8. The number of carbonyl (C=O) groups is 3. The molecule has 6 aromatic rings. The van der Waals surface area contributed by atoms with Crippen LogP contribution in [0.3, 0.4) is 0 Å². The van der Waals surface area contributed by atoms with E-state index < -0.39 is 40.2 Å². The summed E-state index contributed by atoms with van der Waals surface area (Å²) in [6, 6.07) is 16.2. The second kappa shape index (κ2) is 25.4. The Morgan fingerprint density at radius 1 is 0.831 bits per heavy atom. The highest BCUT2D eigenvalue weighted by molar-refractivity contribution is 7.89. The average Bonchev–Trinajstić information content (AvgIpc) is 4.08. The van der Waals surface area contributed by atoms with Crippen LogP contribution in [0.4, 0.5) is 0 Å². The number of amides is 1. The molecule has 6 heterocycles. The number of aliphatic imine (C=N–C) groups is 1. The standard InChI is InChI=1S/C55H68N8O12S2/c1-35-9-11-39(12-10-35)51-50-36(2)37(3)76-53(50)63-38(4)59-60-52(63)45(58-51)32-48(64)56-18-22-70-23-24-71-25-26-72-27-28-73-43-13-14-44(47(31-43)77(67,68)61-19-16-42(69-8)17-20-61)40-15-21-62-46(29-40)41(33-57-62)30-49(65)74-34-75-54(66)55(5,6)7/h9-15,21,29,31,33,42,45H,16-20,22-28,30,32,34H2,1-8H3,(H,56,64)/t45-/m0/s1. The molecule has 77 heavy (non-hydrogen) atoms. The molecule has 1 fully saturated rings. The Morgan fingerprint density at radius 2 is 1.53 bits per heavy atom. The van der Waals surface area contributed by atoms with Crippen LogP contribution in [0, 0.1) is 33.1 Å². The number of esters is 2. The van der Waals surface area contributed by atoms with Crippen molar-refractivity contribution in [1.29, 1.82) is 0 Å². The summed E-state index contributed by atoms with van der Waals surface area (Å²) < 4.78 is 72.9. The molecule has 4 aromatic heterocycles. The average molecular weight is 1100 g/mol. The van der Waals surface area contributed by atoms with E-state index in [-0.39, 0.29) is 43.0 Å². The highest BCUT2D eigenvalue weighted by Gasteiger charge is 2.34. The van der Waals surface area contributed by atoms with E-state index in [1.165, 1.54) is 15.2 Å². The minimum atomic E-state index is -4.01.